The number of rotatable bonds is 6. The Morgan fingerprint density at radius 3 is 2.21 bits per heavy atom. The molecule has 1 fully saturated rings. The zero-order valence-electron chi connectivity index (χ0n) is 23.4. The molecule has 0 bridgehead atoms. The molecule has 8 rings (SSSR count). The molecule has 6 aromatic rings. The van der Waals surface area contributed by atoms with Crippen LogP contribution in [0.3, 0.4) is 0 Å². The van der Waals surface area contributed by atoms with E-state index in [2.05, 4.69) is 117 Å². The second kappa shape index (κ2) is 10.4. The quantitative estimate of drug-likeness (QED) is 0.208. The van der Waals surface area contributed by atoms with Crippen molar-refractivity contribution >= 4 is 33.2 Å². The summed E-state index contributed by atoms with van der Waals surface area (Å²) in [4.78, 5) is 9.19. The van der Waals surface area contributed by atoms with E-state index in [1.54, 1.807) is 0 Å². The minimum atomic E-state index is 0.742. The average Bonchev–Trinajstić information content (AvgIpc) is 3.82. The van der Waals surface area contributed by atoms with Crippen LogP contribution < -0.4 is 14.5 Å². The van der Waals surface area contributed by atoms with Crippen molar-refractivity contribution in [1.29, 1.82) is 0 Å². The van der Waals surface area contributed by atoms with Crippen molar-refractivity contribution in [2.75, 3.05) is 16.5 Å². The monoisotopic (exact) mass is 548 g/mol. The molecule has 0 radical (unpaired) electrons. The standard InChI is InChI=1S/C37H32N4O/c1-2-9-27(8-1)28-15-17-29(18-16-28)39-22-23-40(26-39)30-10-7-11-31(24-30)42-32-19-20-34-33-12-3-4-13-35(33)41(36(34)25-32)37-14-5-6-21-38-37/h3-7,10-25,27H,1-2,8-9,26H2. The van der Waals surface area contributed by atoms with E-state index in [0.29, 0.717) is 0 Å². The first-order valence-corrected chi connectivity index (χ1v) is 14.8. The van der Waals surface area contributed by atoms with Crippen LogP contribution in [-0.4, -0.2) is 16.2 Å². The average molecular weight is 549 g/mol. The molecule has 4 aromatic carbocycles. The topological polar surface area (TPSA) is 33.5 Å². The molecule has 1 aliphatic carbocycles. The maximum atomic E-state index is 6.45. The van der Waals surface area contributed by atoms with Crippen LogP contribution in [0.25, 0.3) is 27.6 Å². The minimum absolute atomic E-state index is 0.742. The van der Waals surface area contributed by atoms with Gasteiger partial charge in [-0.1, -0.05) is 55.3 Å². The largest absolute Gasteiger partial charge is 0.457 e. The molecule has 206 valence electrons. The molecule has 5 nitrogen and oxygen atoms in total. The fourth-order valence-electron chi connectivity index (χ4n) is 6.56. The predicted molar refractivity (Wildman–Crippen MR) is 172 cm³/mol. The molecule has 0 spiro atoms. The van der Waals surface area contributed by atoms with Gasteiger partial charge in [-0.2, -0.15) is 0 Å². The van der Waals surface area contributed by atoms with Crippen molar-refractivity contribution in [2.45, 2.75) is 31.6 Å². The summed E-state index contributed by atoms with van der Waals surface area (Å²) in [7, 11) is 0. The molecular weight excluding hydrogens is 516 g/mol. The zero-order chi connectivity index (χ0) is 27.9. The first-order chi connectivity index (χ1) is 20.8. The molecular formula is C37H32N4O. The van der Waals surface area contributed by atoms with Gasteiger partial charge in [-0.3, -0.25) is 4.57 Å². The van der Waals surface area contributed by atoms with Crippen LogP contribution in [-0.2, 0) is 0 Å². The van der Waals surface area contributed by atoms with E-state index < -0.39 is 0 Å². The highest BCUT2D eigenvalue weighted by Gasteiger charge is 2.19. The van der Waals surface area contributed by atoms with Gasteiger partial charge in [-0.15, -0.1) is 0 Å². The maximum Gasteiger partial charge on any atom is 0.137 e. The molecule has 1 saturated carbocycles. The third-order valence-electron chi connectivity index (χ3n) is 8.69. The summed E-state index contributed by atoms with van der Waals surface area (Å²) in [6.45, 7) is 0.766. The Kier molecular flexibility index (Phi) is 6.14. The molecule has 5 heteroatoms. The second-order valence-corrected chi connectivity index (χ2v) is 11.3. The van der Waals surface area contributed by atoms with Gasteiger partial charge in [0, 0.05) is 52.9 Å². The summed E-state index contributed by atoms with van der Waals surface area (Å²) in [6, 6.07) is 38.3. The zero-order valence-corrected chi connectivity index (χ0v) is 23.4. The highest BCUT2D eigenvalue weighted by Crippen LogP contribution is 2.37. The second-order valence-electron chi connectivity index (χ2n) is 11.3. The number of para-hydroxylation sites is 1. The lowest BCUT2D eigenvalue weighted by Crippen LogP contribution is -2.24. The lowest BCUT2D eigenvalue weighted by Gasteiger charge is -2.22. The van der Waals surface area contributed by atoms with E-state index in [9.17, 15) is 0 Å². The molecule has 3 heterocycles. The van der Waals surface area contributed by atoms with Crippen molar-refractivity contribution in [1.82, 2.24) is 9.55 Å². The molecule has 42 heavy (non-hydrogen) atoms. The number of fused-ring (bicyclic) bond motifs is 3. The Morgan fingerprint density at radius 2 is 1.38 bits per heavy atom. The van der Waals surface area contributed by atoms with Crippen LogP contribution in [0.1, 0.15) is 37.2 Å². The van der Waals surface area contributed by atoms with E-state index in [1.165, 1.54) is 47.7 Å². The highest BCUT2D eigenvalue weighted by molar-refractivity contribution is 6.09. The first-order valence-electron chi connectivity index (χ1n) is 14.8. The van der Waals surface area contributed by atoms with Gasteiger partial charge >= 0.3 is 0 Å². The fraction of sp³-hybridized carbons (Fsp3) is 0.162. The Morgan fingerprint density at radius 1 is 0.619 bits per heavy atom. The molecule has 0 N–H and O–H groups in total. The summed E-state index contributed by atoms with van der Waals surface area (Å²) in [5.41, 5.74) is 6.00. The van der Waals surface area contributed by atoms with Crippen LogP contribution in [0.4, 0.5) is 11.4 Å². The summed E-state index contributed by atoms with van der Waals surface area (Å²) in [5, 5.41) is 2.38. The van der Waals surface area contributed by atoms with Gasteiger partial charge in [0.25, 0.3) is 0 Å². The normalized spacial score (nSPS) is 15.3. The Bertz CT molecular complexity index is 1900. The van der Waals surface area contributed by atoms with E-state index in [0.717, 1.165) is 46.6 Å². The number of nitrogens with zero attached hydrogens (tertiary/aromatic N) is 4. The fourth-order valence-corrected chi connectivity index (χ4v) is 6.56. The molecule has 0 atom stereocenters. The third-order valence-corrected chi connectivity index (χ3v) is 8.69. The van der Waals surface area contributed by atoms with Crippen molar-refractivity contribution in [3.8, 4) is 17.3 Å². The Hall–Kier alpha value is -5.03. The Labute approximate surface area is 245 Å². The SMILES string of the molecule is C1=CN(c2cccc(Oc3ccc4c5ccccc5n(-c5ccccn5)c4c3)c2)CN1c1ccc(C2CCCC2)cc1. The number of pyridine rings is 1. The van der Waals surface area contributed by atoms with Gasteiger partial charge in [-0.25, -0.2) is 4.98 Å². The third kappa shape index (κ3) is 4.47. The van der Waals surface area contributed by atoms with Gasteiger partial charge in [0.2, 0.25) is 0 Å². The van der Waals surface area contributed by atoms with Crippen LogP contribution in [0.5, 0.6) is 11.5 Å². The van der Waals surface area contributed by atoms with Gasteiger partial charge in [0.15, 0.2) is 0 Å². The molecule has 2 aromatic heterocycles. The predicted octanol–water partition coefficient (Wildman–Crippen LogP) is 9.38. The van der Waals surface area contributed by atoms with Crippen molar-refractivity contribution < 1.29 is 4.74 Å². The Balaban J connectivity index is 1.04. The number of ether oxygens (including phenoxy) is 1. The number of hydrogen-bond donors (Lipinski definition) is 0. The highest BCUT2D eigenvalue weighted by atomic mass is 16.5. The van der Waals surface area contributed by atoms with Crippen LogP contribution in [0.15, 0.2) is 128 Å². The van der Waals surface area contributed by atoms with Gasteiger partial charge < -0.3 is 14.5 Å². The van der Waals surface area contributed by atoms with E-state index in [4.69, 9.17) is 4.74 Å². The maximum absolute atomic E-state index is 6.45. The van der Waals surface area contributed by atoms with Crippen LogP contribution in [0, 0.1) is 0 Å². The molecule has 0 unspecified atom stereocenters. The van der Waals surface area contributed by atoms with Crippen LogP contribution >= 0.6 is 0 Å². The molecule has 0 saturated heterocycles. The van der Waals surface area contributed by atoms with E-state index in [-0.39, 0.29) is 0 Å². The summed E-state index contributed by atoms with van der Waals surface area (Å²) < 4.78 is 8.66. The number of aromatic nitrogens is 2. The smallest absolute Gasteiger partial charge is 0.137 e. The van der Waals surface area contributed by atoms with E-state index >= 15 is 0 Å². The van der Waals surface area contributed by atoms with Gasteiger partial charge in [0.05, 0.1) is 17.7 Å². The number of anilines is 2. The van der Waals surface area contributed by atoms with Gasteiger partial charge in [-0.05, 0) is 78.9 Å². The summed E-state index contributed by atoms with van der Waals surface area (Å²) >= 11 is 0. The van der Waals surface area contributed by atoms with Crippen molar-refractivity contribution in [3.05, 3.63) is 133 Å². The van der Waals surface area contributed by atoms with Crippen molar-refractivity contribution in [3.63, 3.8) is 0 Å². The van der Waals surface area contributed by atoms with E-state index in [1.807, 2.05) is 30.5 Å². The lowest BCUT2D eigenvalue weighted by atomic mass is 9.97. The minimum Gasteiger partial charge on any atom is -0.457 e. The molecule has 0 amide bonds. The van der Waals surface area contributed by atoms with Crippen molar-refractivity contribution in [2.24, 2.45) is 0 Å². The van der Waals surface area contributed by atoms with Gasteiger partial charge in [0.1, 0.15) is 17.3 Å². The molecule has 1 aliphatic heterocycles. The summed E-state index contributed by atoms with van der Waals surface area (Å²) in [5.74, 6) is 3.23. The summed E-state index contributed by atoms with van der Waals surface area (Å²) in [6.07, 6.45) is 11.5. The number of benzene rings is 4. The molecule has 2 aliphatic rings. The lowest BCUT2D eigenvalue weighted by molar-refractivity contribution is 0.483. The first kappa shape index (κ1) is 24.7. The van der Waals surface area contributed by atoms with Crippen LogP contribution in [0.2, 0.25) is 0 Å². The number of hydrogen-bond acceptors (Lipinski definition) is 4.